The summed E-state index contributed by atoms with van der Waals surface area (Å²) >= 11 is 0. The molecule has 1 aromatic heterocycles. The number of hydrogen-bond donors (Lipinski definition) is 0. The lowest BCUT2D eigenvalue weighted by atomic mass is 10.1. The van der Waals surface area contributed by atoms with Crippen molar-refractivity contribution < 1.29 is 13.7 Å². The normalized spacial score (nSPS) is 19.6. The standard InChI is InChI=1S/C18H23N3O3S/c1-18(2,3)24-17(22)21-10-6-7-13(12-21)25(23)16-11-19-14-8-4-5-9-15(14)20-16/h4-5,8-9,11,13H,6-7,10,12H2,1-3H3/t13-,25+/m1/s1. The molecular formula is C18H23N3O3S. The zero-order valence-electron chi connectivity index (χ0n) is 14.8. The lowest BCUT2D eigenvalue weighted by Crippen LogP contribution is -2.45. The highest BCUT2D eigenvalue weighted by molar-refractivity contribution is 7.85. The molecule has 0 saturated carbocycles. The van der Waals surface area contributed by atoms with Crippen LogP contribution in [0.2, 0.25) is 0 Å². The summed E-state index contributed by atoms with van der Waals surface area (Å²) < 4.78 is 18.4. The minimum atomic E-state index is -1.31. The molecule has 134 valence electrons. The third kappa shape index (κ3) is 4.34. The van der Waals surface area contributed by atoms with Gasteiger partial charge in [0, 0.05) is 13.1 Å². The Bertz CT molecular complexity index is 803. The van der Waals surface area contributed by atoms with Gasteiger partial charge in [-0.15, -0.1) is 0 Å². The molecule has 1 aliphatic rings. The predicted octanol–water partition coefficient (Wildman–Crippen LogP) is 3.14. The summed E-state index contributed by atoms with van der Waals surface area (Å²) in [5.74, 6) is 0. The van der Waals surface area contributed by atoms with Crippen LogP contribution in [0.1, 0.15) is 33.6 Å². The Kier molecular flexibility index (Phi) is 5.03. The van der Waals surface area contributed by atoms with E-state index in [0.717, 1.165) is 23.9 Å². The number of hydrogen-bond acceptors (Lipinski definition) is 5. The molecule has 1 fully saturated rings. The molecule has 2 heterocycles. The SMILES string of the molecule is CC(C)(C)OC(=O)N1CCC[C@@H]([S@](=O)c2cnc3ccccc3n2)C1. The van der Waals surface area contributed by atoms with Gasteiger partial charge in [-0.3, -0.25) is 9.19 Å². The van der Waals surface area contributed by atoms with Crippen molar-refractivity contribution in [1.82, 2.24) is 14.9 Å². The summed E-state index contributed by atoms with van der Waals surface area (Å²) in [5, 5.41) is 0.312. The van der Waals surface area contributed by atoms with E-state index in [0.29, 0.717) is 18.1 Å². The summed E-state index contributed by atoms with van der Waals surface area (Å²) in [6.45, 7) is 6.57. The molecule has 1 saturated heterocycles. The van der Waals surface area contributed by atoms with Gasteiger partial charge in [-0.05, 0) is 45.7 Å². The Morgan fingerprint density at radius 3 is 2.72 bits per heavy atom. The van der Waals surface area contributed by atoms with Crippen LogP contribution in [0.5, 0.6) is 0 Å². The molecule has 7 heteroatoms. The van der Waals surface area contributed by atoms with Crippen molar-refractivity contribution in [2.24, 2.45) is 0 Å². The zero-order valence-corrected chi connectivity index (χ0v) is 15.6. The van der Waals surface area contributed by atoms with Crippen LogP contribution in [-0.4, -0.2) is 49.1 Å². The first-order valence-electron chi connectivity index (χ1n) is 8.44. The van der Waals surface area contributed by atoms with Crippen molar-refractivity contribution in [2.45, 2.75) is 49.5 Å². The number of likely N-dealkylation sites (tertiary alicyclic amines) is 1. The molecule has 3 rings (SSSR count). The van der Waals surface area contributed by atoms with Crippen LogP contribution in [0.4, 0.5) is 4.79 Å². The molecule has 1 amide bonds. The maximum absolute atomic E-state index is 12.9. The number of carbonyl (C=O) groups excluding carboxylic acids is 1. The number of rotatable bonds is 2. The second-order valence-corrected chi connectivity index (χ2v) is 8.86. The number of aromatic nitrogens is 2. The van der Waals surface area contributed by atoms with Crippen LogP contribution in [0.25, 0.3) is 11.0 Å². The van der Waals surface area contributed by atoms with Crippen molar-refractivity contribution in [2.75, 3.05) is 13.1 Å². The van der Waals surface area contributed by atoms with Gasteiger partial charge >= 0.3 is 6.09 Å². The monoisotopic (exact) mass is 361 g/mol. The minimum Gasteiger partial charge on any atom is -0.444 e. The maximum atomic E-state index is 12.9. The number of para-hydroxylation sites is 2. The Morgan fingerprint density at radius 1 is 1.28 bits per heavy atom. The fraction of sp³-hybridized carbons (Fsp3) is 0.500. The Labute approximate surface area is 150 Å². The second kappa shape index (κ2) is 7.07. The number of fused-ring (bicyclic) bond motifs is 1. The lowest BCUT2D eigenvalue weighted by molar-refractivity contribution is 0.0219. The molecule has 2 aromatic rings. The molecule has 6 nitrogen and oxygen atoms in total. The topological polar surface area (TPSA) is 72.4 Å². The zero-order chi connectivity index (χ0) is 18.0. The number of amides is 1. The first-order valence-corrected chi connectivity index (χ1v) is 9.65. The molecule has 0 unspecified atom stereocenters. The highest BCUT2D eigenvalue weighted by Crippen LogP contribution is 2.22. The van der Waals surface area contributed by atoms with Crippen molar-refractivity contribution in [3.63, 3.8) is 0 Å². The Balaban J connectivity index is 1.73. The fourth-order valence-corrected chi connectivity index (χ4v) is 4.20. The molecule has 0 N–H and O–H groups in total. The number of nitrogens with zero attached hydrogens (tertiary/aromatic N) is 3. The minimum absolute atomic E-state index is 0.156. The summed E-state index contributed by atoms with van der Waals surface area (Å²) in [5.41, 5.74) is 0.975. The molecule has 25 heavy (non-hydrogen) atoms. The number of benzene rings is 1. The quantitative estimate of drug-likeness (QED) is 0.822. The van der Waals surface area contributed by atoms with E-state index < -0.39 is 16.4 Å². The van der Waals surface area contributed by atoms with Gasteiger partial charge in [-0.25, -0.2) is 9.78 Å². The third-order valence-electron chi connectivity index (χ3n) is 3.97. The Morgan fingerprint density at radius 2 is 2.00 bits per heavy atom. The van der Waals surface area contributed by atoms with Gasteiger partial charge in [0.2, 0.25) is 0 Å². The average Bonchev–Trinajstić information content (AvgIpc) is 2.59. The number of piperidine rings is 1. The van der Waals surface area contributed by atoms with Crippen LogP contribution in [0.15, 0.2) is 35.5 Å². The van der Waals surface area contributed by atoms with Gasteiger partial charge in [0.25, 0.3) is 0 Å². The predicted molar refractivity (Wildman–Crippen MR) is 96.8 cm³/mol. The van der Waals surface area contributed by atoms with Crippen molar-refractivity contribution in [1.29, 1.82) is 0 Å². The van der Waals surface area contributed by atoms with E-state index in [4.69, 9.17) is 4.74 Å². The maximum Gasteiger partial charge on any atom is 0.410 e. The van der Waals surface area contributed by atoms with Crippen molar-refractivity contribution in [3.8, 4) is 0 Å². The molecule has 2 atom stereocenters. The fourth-order valence-electron chi connectivity index (χ4n) is 2.81. The summed E-state index contributed by atoms with van der Waals surface area (Å²) in [7, 11) is -1.31. The summed E-state index contributed by atoms with van der Waals surface area (Å²) in [6.07, 6.45) is 2.82. The van der Waals surface area contributed by atoms with E-state index in [1.54, 1.807) is 11.1 Å². The molecule has 1 aromatic carbocycles. The number of carbonyl (C=O) groups is 1. The van der Waals surface area contributed by atoms with Crippen LogP contribution in [-0.2, 0) is 15.5 Å². The molecule has 0 aliphatic carbocycles. The van der Waals surface area contributed by atoms with E-state index >= 15 is 0 Å². The molecule has 1 aliphatic heterocycles. The van der Waals surface area contributed by atoms with E-state index in [1.165, 1.54) is 0 Å². The van der Waals surface area contributed by atoms with Gasteiger partial charge in [-0.1, -0.05) is 12.1 Å². The Hall–Kier alpha value is -2.02. The van der Waals surface area contributed by atoms with Gasteiger partial charge < -0.3 is 9.64 Å². The highest BCUT2D eigenvalue weighted by Gasteiger charge is 2.31. The van der Waals surface area contributed by atoms with Crippen molar-refractivity contribution in [3.05, 3.63) is 30.5 Å². The first-order chi connectivity index (χ1) is 11.8. The van der Waals surface area contributed by atoms with Crippen LogP contribution >= 0.6 is 0 Å². The van der Waals surface area contributed by atoms with E-state index in [1.807, 2.05) is 45.0 Å². The summed E-state index contributed by atoms with van der Waals surface area (Å²) in [6, 6.07) is 7.51. The number of ether oxygens (including phenoxy) is 1. The van der Waals surface area contributed by atoms with Gasteiger partial charge in [0.05, 0.1) is 33.3 Å². The summed E-state index contributed by atoms with van der Waals surface area (Å²) in [4.78, 5) is 22.7. The van der Waals surface area contributed by atoms with Crippen LogP contribution in [0.3, 0.4) is 0 Å². The third-order valence-corrected chi connectivity index (χ3v) is 5.56. The first kappa shape index (κ1) is 17.8. The second-order valence-electron chi connectivity index (χ2n) is 7.18. The van der Waals surface area contributed by atoms with Gasteiger partial charge in [0.1, 0.15) is 10.6 Å². The smallest absolute Gasteiger partial charge is 0.410 e. The molecule has 0 spiro atoms. The van der Waals surface area contributed by atoms with E-state index in [-0.39, 0.29) is 11.3 Å². The molecule has 0 bridgehead atoms. The largest absolute Gasteiger partial charge is 0.444 e. The molecular weight excluding hydrogens is 338 g/mol. The average molecular weight is 361 g/mol. The van der Waals surface area contributed by atoms with E-state index in [9.17, 15) is 9.00 Å². The highest BCUT2D eigenvalue weighted by atomic mass is 32.2. The van der Waals surface area contributed by atoms with Gasteiger partial charge in [-0.2, -0.15) is 0 Å². The van der Waals surface area contributed by atoms with Crippen LogP contribution < -0.4 is 0 Å². The lowest BCUT2D eigenvalue weighted by Gasteiger charge is -2.33. The van der Waals surface area contributed by atoms with Crippen molar-refractivity contribution >= 4 is 27.9 Å². The van der Waals surface area contributed by atoms with Crippen LogP contribution in [0, 0.1) is 0 Å². The van der Waals surface area contributed by atoms with E-state index in [2.05, 4.69) is 9.97 Å². The van der Waals surface area contributed by atoms with Gasteiger partial charge in [0.15, 0.2) is 0 Å². The molecule has 0 radical (unpaired) electrons.